The fraction of sp³-hybridized carbons (Fsp3) is 0.531. The maximum Gasteiger partial charge on any atom is 0.254 e. The zero-order chi connectivity index (χ0) is 28.8. The number of nitrogens with two attached hydrogens (primary N) is 1. The molecule has 4 aromatic rings. The summed E-state index contributed by atoms with van der Waals surface area (Å²) in [5, 5.41) is 12.2. The Hall–Kier alpha value is -3.43. The van der Waals surface area contributed by atoms with Gasteiger partial charge in [0.05, 0.1) is 24.2 Å². The van der Waals surface area contributed by atoms with Crippen molar-refractivity contribution in [2.75, 3.05) is 7.11 Å². The molecule has 1 saturated carbocycles. The Morgan fingerprint density at radius 3 is 2.59 bits per heavy atom. The minimum absolute atomic E-state index is 0.00485. The molecular weight excluding hydrogens is 516 g/mol. The van der Waals surface area contributed by atoms with Crippen molar-refractivity contribution in [2.45, 2.75) is 90.1 Å². The van der Waals surface area contributed by atoms with E-state index in [2.05, 4.69) is 16.7 Å². The molecule has 4 aromatic heterocycles. The van der Waals surface area contributed by atoms with E-state index in [1.807, 2.05) is 55.2 Å². The zero-order valence-corrected chi connectivity index (χ0v) is 24.6. The Bertz CT molecular complexity index is 1680. The van der Waals surface area contributed by atoms with Crippen LogP contribution in [0.3, 0.4) is 0 Å². The van der Waals surface area contributed by atoms with E-state index < -0.39 is 5.60 Å². The quantitative estimate of drug-likeness (QED) is 0.343. The number of hydrogen-bond acceptors (Lipinski definition) is 6. The van der Waals surface area contributed by atoms with E-state index in [1.54, 1.807) is 7.11 Å². The molecule has 2 aliphatic heterocycles. The number of ether oxygens (including phenoxy) is 1. The average molecular weight is 557 g/mol. The van der Waals surface area contributed by atoms with Crippen molar-refractivity contribution in [3.05, 3.63) is 47.3 Å². The molecule has 1 unspecified atom stereocenters. The van der Waals surface area contributed by atoms with Crippen LogP contribution in [0.5, 0.6) is 5.88 Å². The highest BCUT2D eigenvalue weighted by atomic mass is 16.5. The van der Waals surface area contributed by atoms with Crippen LogP contribution in [0.15, 0.2) is 30.3 Å². The van der Waals surface area contributed by atoms with Gasteiger partial charge in [-0.05, 0) is 82.1 Å². The highest BCUT2D eigenvalue weighted by Gasteiger charge is 2.47. The first kappa shape index (κ1) is 26.5. The van der Waals surface area contributed by atoms with Crippen LogP contribution in [0.1, 0.15) is 74.6 Å². The first-order valence-electron chi connectivity index (χ1n) is 15.0. The van der Waals surface area contributed by atoms with Gasteiger partial charge in [-0.15, -0.1) is 0 Å². The van der Waals surface area contributed by atoms with Crippen molar-refractivity contribution >= 4 is 22.6 Å². The number of carbonyl (C=O) groups excluding carboxylic acids is 1. The summed E-state index contributed by atoms with van der Waals surface area (Å²) in [4.78, 5) is 25.8. The lowest BCUT2D eigenvalue weighted by Crippen LogP contribution is -2.40. The average Bonchev–Trinajstić information content (AvgIpc) is 3.27. The molecule has 3 fully saturated rings. The lowest BCUT2D eigenvalue weighted by atomic mass is 9.89. The van der Waals surface area contributed by atoms with Gasteiger partial charge in [0.1, 0.15) is 22.6 Å². The topological polar surface area (TPSA) is 111 Å². The highest BCUT2D eigenvalue weighted by Crippen LogP contribution is 2.40. The lowest BCUT2D eigenvalue weighted by Gasteiger charge is -2.27. The first-order chi connectivity index (χ1) is 19.6. The Balaban J connectivity index is 1.36. The maximum absolute atomic E-state index is 13.7. The second kappa shape index (κ2) is 9.29. The summed E-state index contributed by atoms with van der Waals surface area (Å²) in [6, 6.07) is 10.2. The van der Waals surface area contributed by atoms with Gasteiger partial charge in [-0.2, -0.15) is 0 Å². The normalized spacial score (nSPS) is 23.7. The summed E-state index contributed by atoms with van der Waals surface area (Å²) in [6.07, 6.45) is 5.26. The van der Waals surface area contributed by atoms with Gasteiger partial charge in [0, 0.05) is 41.7 Å². The molecule has 0 radical (unpaired) electrons. The SMILES string of the molecule is COc1cc(C(=O)N2[C@H]3CC[C@@H]2[C@H](N)C3)cc2nc(-c3cc4ccc(C(C)(O)C(C)C)nc4n3CC3CC3)c(C)n12. The molecule has 3 aliphatic rings. The van der Waals surface area contributed by atoms with Crippen molar-refractivity contribution in [3.63, 3.8) is 0 Å². The number of aliphatic hydroxyl groups is 1. The van der Waals surface area contributed by atoms with E-state index in [4.69, 9.17) is 20.4 Å². The van der Waals surface area contributed by atoms with Gasteiger partial charge in [0.25, 0.3) is 5.91 Å². The lowest BCUT2D eigenvalue weighted by molar-refractivity contribution is 0.00511. The van der Waals surface area contributed by atoms with Gasteiger partial charge in [-0.3, -0.25) is 9.20 Å². The predicted octanol–water partition coefficient (Wildman–Crippen LogP) is 4.65. The number of hydrogen-bond donors (Lipinski definition) is 2. The number of aromatic nitrogens is 4. The van der Waals surface area contributed by atoms with Crippen LogP contribution in [0.25, 0.3) is 28.1 Å². The van der Waals surface area contributed by atoms with Gasteiger partial charge >= 0.3 is 0 Å². The standard InChI is InChI=1S/C32H40N6O3/c1-17(2)32(4,40)26-11-8-20-12-25(36(30(20)34-26)16-19-6-7-19)29-18(3)37-27(35-29)13-21(14-28(37)41-5)31(39)38-22-9-10-24(38)23(33)15-22/h8,11-14,17,19,22-24,40H,6-7,9-10,15-16,33H2,1-5H3/t22-,23+,24+,32?/m0/s1. The molecule has 0 spiro atoms. The smallest absolute Gasteiger partial charge is 0.254 e. The molecule has 1 aliphatic carbocycles. The second-order valence-corrected chi connectivity index (χ2v) is 12.9. The number of amides is 1. The van der Waals surface area contributed by atoms with Crippen LogP contribution < -0.4 is 10.5 Å². The van der Waals surface area contributed by atoms with E-state index in [1.165, 1.54) is 12.8 Å². The van der Waals surface area contributed by atoms with Crippen LogP contribution in [0.4, 0.5) is 0 Å². The molecule has 216 valence electrons. The fourth-order valence-electron chi connectivity index (χ4n) is 6.94. The van der Waals surface area contributed by atoms with Crippen LogP contribution in [0, 0.1) is 18.8 Å². The zero-order valence-electron chi connectivity index (χ0n) is 24.6. The van der Waals surface area contributed by atoms with Gasteiger partial charge in [-0.25, -0.2) is 9.97 Å². The molecule has 0 aromatic carbocycles. The molecule has 7 rings (SSSR count). The molecule has 6 heterocycles. The third-order valence-corrected chi connectivity index (χ3v) is 9.96. The fourth-order valence-corrected chi connectivity index (χ4v) is 6.94. The van der Waals surface area contributed by atoms with Gasteiger partial charge in [0.15, 0.2) is 5.88 Å². The summed E-state index contributed by atoms with van der Waals surface area (Å²) in [7, 11) is 1.63. The molecule has 2 saturated heterocycles. The van der Waals surface area contributed by atoms with Crippen molar-refractivity contribution in [3.8, 4) is 17.3 Å². The van der Waals surface area contributed by atoms with Crippen LogP contribution in [0.2, 0.25) is 0 Å². The third kappa shape index (κ3) is 4.07. The number of nitrogens with zero attached hydrogens (tertiary/aromatic N) is 5. The van der Waals surface area contributed by atoms with Crippen LogP contribution in [-0.4, -0.2) is 60.1 Å². The molecular formula is C32H40N6O3. The maximum atomic E-state index is 13.7. The summed E-state index contributed by atoms with van der Waals surface area (Å²) in [5.74, 6) is 1.22. The Morgan fingerprint density at radius 1 is 1.17 bits per heavy atom. The minimum atomic E-state index is -1.03. The summed E-state index contributed by atoms with van der Waals surface area (Å²) in [6.45, 7) is 8.75. The number of fused-ring (bicyclic) bond motifs is 4. The molecule has 41 heavy (non-hydrogen) atoms. The number of pyridine rings is 2. The van der Waals surface area contributed by atoms with Crippen LogP contribution >= 0.6 is 0 Å². The Kier molecular flexibility index (Phi) is 6.00. The van der Waals surface area contributed by atoms with Gasteiger partial charge in [-0.1, -0.05) is 13.8 Å². The third-order valence-electron chi connectivity index (χ3n) is 9.96. The number of methoxy groups -OCH3 is 1. The predicted molar refractivity (Wildman–Crippen MR) is 158 cm³/mol. The van der Waals surface area contributed by atoms with Crippen molar-refractivity contribution in [1.29, 1.82) is 0 Å². The van der Waals surface area contributed by atoms with Crippen LogP contribution in [-0.2, 0) is 12.1 Å². The van der Waals surface area contributed by atoms with E-state index in [-0.39, 0.29) is 30.0 Å². The summed E-state index contributed by atoms with van der Waals surface area (Å²) >= 11 is 0. The summed E-state index contributed by atoms with van der Waals surface area (Å²) < 4.78 is 10.1. The summed E-state index contributed by atoms with van der Waals surface area (Å²) in [5.41, 5.74) is 10.9. The molecule has 9 nitrogen and oxygen atoms in total. The molecule has 9 heteroatoms. The van der Waals surface area contributed by atoms with E-state index in [9.17, 15) is 9.90 Å². The number of rotatable bonds is 7. The van der Waals surface area contributed by atoms with Crippen molar-refractivity contribution in [2.24, 2.45) is 17.6 Å². The van der Waals surface area contributed by atoms with Gasteiger partial charge < -0.3 is 25.0 Å². The Morgan fingerprint density at radius 2 is 1.95 bits per heavy atom. The van der Waals surface area contributed by atoms with Crippen molar-refractivity contribution in [1.82, 2.24) is 23.8 Å². The number of imidazole rings is 1. The minimum Gasteiger partial charge on any atom is -0.482 e. The van der Waals surface area contributed by atoms with E-state index >= 15 is 0 Å². The Labute approximate surface area is 240 Å². The number of carbonyl (C=O) groups is 1. The first-order valence-corrected chi connectivity index (χ1v) is 15.0. The number of aryl methyl sites for hydroxylation is 1. The monoisotopic (exact) mass is 556 g/mol. The molecule has 3 N–H and O–H groups in total. The van der Waals surface area contributed by atoms with E-state index in [0.717, 1.165) is 53.9 Å². The highest BCUT2D eigenvalue weighted by molar-refractivity contribution is 5.96. The van der Waals surface area contributed by atoms with Gasteiger partial charge in [0.2, 0.25) is 0 Å². The largest absolute Gasteiger partial charge is 0.482 e. The van der Waals surface area contributed by atoms with Crippen molar-refractivity contribution < 1.29 is 14.6 Å². The molecule has 1 amide bonds. The molecule has 4 atom stereocenters. The molecule has 2 bridgehead atoms. The second-order valence-electron chi connectivity index (χ2n) is 12.9. The van der Waals surface area contributed by atoms with E-state index in [0.29, 0.717) is 28.7 Å².